The Bertz CT molecular complexity index is 1010. The second-order valence-corrected chi connectivity index (χ2v) is 8.26. The van der Waals surface area contributed by atoms with Crippen molar-refractivity contribution in [3.8, 4) is 0 Å². The van der Waals surface area contributed by atoms with E-state index in [2.05, 4.69) is 15.0 Å². The van der Waals surface area contributed by atoms with Crippen molar-refractivity contribution in [3.63, 3.8) is 0 Å². The van der Waals surface area contributed by atoms with Crippen LogP contribution >= 0.6 is 35.1 Å². The summed E-state index contributed by atoms with van der Waals surface area (Å²) < 4.78 is 41.4. The van der Waals surface area contributed by atoms with E-state index in [0.29, 0.717) is 21.7 Å². The number of nitrogen functional groups attached to an aromatic ring is 1. The monoisotopic (exact) mass is 433 g/mol. The maximum atomic E-state index is 13.4. The van der Waals surface area contributed by atoms with E-state index in [4.69, 9.17) is 17.3 Å². The molecule has 0 aliphatic heterocycles. The number of nitrogens with zero attached hydrogens (tertiary/aromatic N) is 4. The summed E-state index contributed by atoms with van der Waals surface area (Å²) >= 11 is 8.86. The van der Waals surface area contributed by atoms with Crippen molar-refractivity contribution >= 4 is 51.8 Å². The van der Waals surface area contributed by atoms with Crippen molar-refractivity contribution in [1.82, 2.24) is 19.5 Å². The number of hydrogen-bond acceptors (Lipinski definition) is 6. The number of thioether (sulfide) groups is 2. The molecule has 5 nitrogen and oxygen atoms in total. The fourth-order valence-corrected chi connectivity index (χ4v) is 4.30. The Kier molecular flexibility index (Phi) is 5.51. The lowest BCUT2D eigenvalue weighted by molar-refractivity contribution is -0.136. The van der Waals surface area contributed by atoms with Gasteiger partial charge in [0.25, 0.3) is 0 Å². The zero-order valence-corrected chi connectivity index (χ0v) is 16.9. The molecule has 0 aliphatic rings. The molecule has 0 spiro atoms. The molecule has 3 heterocycles. The second kappa shape index (κ2) is 7.40. The Morgan fingerprint density at radius 3 is 2.56 bits per heavy atom. The van der Waals surface area contributed by atoms with Gasteiger partial charge in [0.05, 0.1) is 22.0 Å². The molecule has 0 radical (unpaired) electrons. The Morgan fingerprint density at radius 1 is 1.22 bits per heavy atom. The van der Waals surface area contributed by atoms with Crippen LogP contribution in [0.1, 0.15) is 23.4 Å². The normalized spacial score (nSPS) is 13.3. The summed E-state index contributed by atoms with van der Waals surface area (Å²) in [6, 6.07) is 3.07. The third-order valence-corrected chi connectivity index (χ3v) is 5.73. The van der Waals surface area contributed by atoms with Crippen molar-refractivity contribution in [2.75, 3.05) is 12.0 Å². The first kappa shape index (κ1) is 20.1. The second-order valence-electron chi connectivity index (χ2n) is 5.76. The predicted octanol–water partition coefficient (Wildman–Crippen LogP) is 5.19. The van der Waals surface area contributed by atoms with Crippen LogP contribution in [-0.4, -0.2) is 25.8 Å². The number of aromatic nitrogens is 4. The highest BCUT2D eigenvalue weighted by atomic mass is 35.5. The van der Waals surface area contributed by atoms with E-state index in [1.807, 2.05) is 6.26 Å². The minimum absolute atomic E-state index is 0.0192. The van der Waals surface area contributed by atoms with Crippen LogP contribution in [0.15, 0.2) is 28.5 Å². The lowest BCUT2D eigenvalue weighted by atomic mass is 10.1. The van der Waals surface area contributed by atoms with Gasteiger partial charge in [-0.15, -0.1) is 11.8 Å². The first-order chi connectivity index (χ1) is 12.6. The van der Waals surface area contributed by atoms with E-state index in [1.54, 1.807) is 13.0 Å². The van der Waals surface area contributed by atoms with Crippen LogP contribution in [0.4, 0.5) is 19.0 Å². The number of nitrogens with two attached hydrogens (primary N) is 1. The molecule has 1 unspecified atom stereocenters. The number of hydrogen-bond donors (Lipinski definition) is 1. The summed E-state index contributed by atoms with van der Waals surface area (Å²) in [4.78, 5) is 12.8. The van der Waals surface area contributed by atoms with Gasteiger partial charge in [-0.2, -0.15) is 13.2 Å². The number of aryl methyl sites for hydroxylation is 1. The Balaban J connectivity index is 2.02. The molecule has 1 atom stereocenters. The predicted molar refractivity (Wildman–Crippen MR) is 103 cm³/mol. The maximum absolute atomic E-state index is 13.4. The molecule has 0 saturated heterocycles. The van der Waals surface area contributed by atoms with Crippen LogP contribution in [0.5, 0.6) is 0 Å². The summed E-state index contributed by atoms with van der Waals surface area (Å²) in [6.07, 6.45) is -1.60. The average molecular weight is 434 g/mol. The van der Waals surface area contributed by atoms with E-state index < -0.39 is 11.7 Å². The lowest BCUT2D eigenvalue weighted by Gasteiger charge is -2.12. The molecule has 144 valence electrons. The number of pyridine rings is 1. The first-order valence-corrected chi connectivity index (χ1v) is 10.2. The minimum Gasteiger partial charge on any atom is -0.384 e. The molecule has 0 aliphatic carbocycles. The van der Waals surface area contributed by atoms with E-state index in [9.17, 15) is 13.2 Å². The fraction of sp³-hybridized carbons (Fsp3) is 0.312. The zero-order valence-electron chi connectivity index (χ0n) is 14.5. The van der Waals surface area contributed by atoms with E-state index in [-0.39, 0.29) is 21.3 Å². The summed E-state index contributed by atoms with van der Waals surface area (Å²) in [5.74, 6) is 0.327. The highest BCUT2D eigenvalue weighted by Crippen LogP contribution is 2.40. The highest BCUT2D eigenvalue weighted by molar-refractivity contribution is 7.99. The number of rotatable bonds is 4. The molecule has 0 fully saturated rings. The van der Waals surface area contributed by atoms with Crippen molar-refractivity contribution in [2.24, 2.45) is 7.05 Å². The first-order valence-electron chi connectivity index (χ1n) is 7.68. The van der Waals surface area contributed by atoms with Crippen LogP contribution < -0.4 is 5.73 Å². The van der Waals surface area contributed by atoms with Gasteiger partial charge >= 0.3 is 6.18 Å². The van der Waals surface area contributed by atoms with Gasteiger partial charge in [0.15, 0.2) is 10.3 Å². The van der Waals surface area contributed by atoms with Crippen LogP contribution in [-0.2, 0) is 13.2 Å². The van der Waals surface area contributed by atoms with Crippen molar-refractivity contribution < 1.29 is 13.2 Å². The zero-order chi connectivity index (χ0) is 19.9. The minimum atomic E-state index is -4.48. The topological polar surface area (TPSA) is 69.6 Å². The Labute approximate surface area is 166 Å². The third kappa shape index (κ3) is 4.12. The number of fused-ring (bicyclic) bond motifs is 1. The van der Waals surface area contributed by atoms with E-state index in [1.165, 1.54) is 41.2 Å². The quantitative estimate of drug-likeness (QED) is 0.264. The van der Waals surface area contributed by atoms with Gasteiger partial charge in [-0.05, 0) is 19.2 Å². The molecule has 27 heavy (non-hydrogen) atoms. The van der Waals surface area contributed by atoms with Gasteiger partial charge in [0.1, 0.15) is 10.8 Å². The van der Waals surface area contributed by atoms with Gasteiger partial charge in [0, 0.05) is 24.7 Å². The van der Waals surface area contributed by atoms with Gasteiger partial charge in [0.2, 0.25) is 0 Å². The number of halogens is 4. The smallest absolute Gasteiger partial charge is 0.384 e. The molecule has 2 N–H and O–H groups in total. The Morgan fingerprint density at radius 2 is 1.93 bits per heavy atom. The molecule has 0 aromatic carbocycles. The molecule has 3 aromatic rings. The van der Waals surface area contributed by atoms with Crippen LogP contribution in [0.25, 0.3) is 10.9 Å². The summed E-state index contributed by atoms with van der Waals surface area (Å²) in [7, 11) is 1.51. The van der Waals surface area contributed by atoms with E-state index >= 15 is 0 Å². The molecule has 0 saturated carbocycles. The van der Waals surface area contributed by atoms with E-state index in [0.717, 1.165) is 6.20 Å². The average Bonchev–Trinajstić information content (AvgIpc) is 2.91. The third-order valence-electron chi connectivity index (χ3n) is 3.85. The molecular weight excluding hydrogens is 419 g/mol. The van der Waals surface area contributed by atoms with Gasteiger partial charge in [-0.1, -0.05) is 23.4 Å². The lowest BCUT2D eigenvalue weighted by Crippen LogP contribution is -2.04. The standard InChI is InChI=1S/C16H15ClF3N5S2/c1-7(27-15-23-11(21)5-12(24-15)26-3)10-4-8-9(16(18,19)20)6-25(2)13(8)14(17)22-10/h4-7H,1-3H3,(H2,21,23,24). The fourth-order valence-electron chi connectivity index (χ4n) is 2.63. The maximum Gasteiger partial charge on any atom is 0.418 e. The molecule has 11 heteroatoms. The molecule has 3 aromatic heterocycles. The summed E-state index contributed by atoms with van der Waals surface area (Å²) in [5, 5.41) is 0.844. The van der Waals surface area contributed by atoms with Crippen molar-refractivity contribution in [2.45, 2.75) is 28.5 Å². The van der Waals surface area contributed by atoms with Crippen LogP contribution in [0, 0.1) is 0 Å². The molecule has 0 amide bonds. The Hall–Kier alpha value is -1.65. The SMILES string of the molecule is CSc1cc(N)nc(SC(C)c2cc3c(C(F)(F)F)cn(C)c3c(Cl)n2)n1. The van der Waals surface area contributed by atoms with Crippen LogP contribution in [0.3, 0.4) is 0 Å². The number of alkyl halides is 3. The highest BCUT2D eigenvalue weighted by Gasteiger charge is 2.35. The van der Waals surface area contributed by atoms with Crippen molar-refractivity contribution in [3.05, 3.63) is 34.7 Å². The van der Waals surface area contributed by atoms with Gasteiger partial charge < -0.3 is 10.3 Å². The molecule has 0 bridgehead atoms. The molecular formula is C16H15ClF3N5S2. The number of anilines is 1. The summed E-state index contributed by atoms with van der Waals surface area (Å²) in [6.45, 7) is 1.80. The van der Waals surface area contributed by atoms with Gasteiger partial charge in [-0.25, -0.2) is 15.0 Å². The van der Waals surface area contributed by atoms with Crippen LogP contribution in [0.2, 0.25) is 5.15 Å². The largest absolute Gasteiger partial charge is 0.418 e. The molecule has 3 rings (SSSR count). The van der Waals surface area contributed by atoms with Crippen molar-refractivity contribution in [1.29, 1.82) is 0 Å². The van der Waals surface area contributed by atoms with Gasteiger partial charge in [-0.3, -0.25) is 0 Å². The summed E-state index contributed by atoms with van der Waals surface area (Å²) in [5.41, 5.74) is 5.69.